The number of carbonyl (C=O) groups is 1. The SMILES string of the molecule is Cc1cc2c(cc1C(NCc1ccccc1)c1ccc(C(=O)O)cc1)C(C)(C)CCC2(C)C. The minimum absolute atomic E-state index is 0.0285. The highest BCUT2D eigenvalue weighted by Gasteiger charge is 2.38. The van der Waals surface area contributed by atoms with Crippen LogP contribution in [0.1, 0.15) is 90.3 Å². The van der Waals surface area contributed by atoms with Gasteiger partial charge in [0.2, 0.25) is 0 Å². The van der Waals surface area contributed by atoms with Crippen LogP contribution < -0.4 is 5.32 Å². The van der Waals surface area contributed by atoms with Gasteiger partial charge in [0.1, 0.15) is 0 Å². The molecule has 3 nitrogen and oxygen atoms in total. The summed E-state index contributed by atoms with van der Waals surface area (Å²) in [4.78, 5) is 11.4. The van der Waals surface area contributed by atoms with Crippen LogP contribution in [0.15, 0.2) is 66.7 Å². The molecule has 33 heavy (non-hydrogen) atoms. The van der Waals surface area contributed by atoms with Gasteiger partial charge in [-0.15, -0.1) is 0 Å². The molecule has 172 valence electrons. The molecular weight excluding hydrogens is 406 g/mol. The van der Waals surface area contributed by atoms with Crippen LogP contribution >= 0.6 is 0 Å². The van der Waals surface area contributed by atoms with E-state index in [4.69, 9.17) is 0 Å². The second kappa shape index (κ2) is 8.79. The van der Waals surface area contributed by atoms with Crippen molar-refractivity contribution in [1.82, 2.24) is 5.32 Å². The van der Waals surface area contributed by atoms with Crippen LogP contribution in [-0.2, 0) is 17.4 Å². The minimum atomic E-state index is -0.899. The monoisotopic (exact) mass is 441 g/mol. The number of aromatic carboxylic acids is 1. The van der Waals surface area contributed by atoms with Gasteiger partial charge in [0.15, 0.2) is 0 Å². The number of hydrogen-bond acceptors (Lipinski definition) is 2. The second-order valence-corrected chi connectivity index (χ2v) is 10.7. The minimum Gasteiger partial charge on any atom is -0.478 e. The standard InChI is InChI=1S/C30H35NO2/c1-20-17-25-26(30(4,5)16-15-29(25,2)3)18-24(20)27(31-19-21-9-7-6-8-10-21)22-11-13-23(14-12-22)28(32)33/h6-14,17-18,27,31H,15-16,19H2,1-5H3,(H,32,33). The fourth-order valence-corrected chi connectivity index (χ4v) is 5.09. The molecule has 0 bridgehead atoms. The van der Waals surface area contributed by atoms with Crippen molar-refractivity contribution in [3.05, 3.63) is 106 Å². The Bertz CT molecular complexity index is 1140. The summed E-state index contributed by atoms with van der Waals surface area (Å²) in [5.41, 5.74) is 8.34. The first kappa shape index (κ1) is 23.3. The lowest BCUT2D eigenvalue weighted by molar-refractivity contribution is 0.0697. The van der Waals surface area contributed by atoms with Crippen molar-refractivity contribution in [1.29, 1.82) is 0 Å². The molecule has 0 saturated heterocycles. The molecule has 0 saturated carbocycles. The summed E-state index contributed by atoms with van der Waals surface area (Å²) < 4.78 is 0. The van der Waals surface area contributed by atoms with Gasteiger partial charge in [-0.3, -0.25) is 0 Å². The molecule has 1 unspecified atom stereocenters. The number of nitrogens with one attached hydrogen (secondary N) is 1. The smallest absolute Gasteiger partial charge is 0.335 e. The maximum atomic E-state index is 11.4. The van der Waals surface area contributed by atoms with Gasteiger partial charge in [-0.05, 0) is 76.1 Å². The lowest BCUT2D eigenvalue weighted by Crippen LogP contribution is -2.34. The number of fused-ring (bicyclic) bond motifs is 1. The fourth-order valence-electron chi connectivity index (χ4n) is 5.09. The van der Waals surface area contributed by atoms with E-state index in [0.717, 1.165) is 12.1 Å². The Hall–Kier alpha value is -2.91. The van der Waals surface area contributed by atoms with E-state index in [-0.39, 0.29) is 16.9 Å². The highest BCUT2D eigenvalue weighted by Crippen LogP contribution is 2.47. The number of benzene rings is 3. The quantitative estimate of drug-likeness (QED) is 0.436. The topological polar surface area (TPSA) is 49.3 Å². The van der Waals surface area contributed by atoms with Gasteiger partial charge in [-0.2, -0.15) is 0 Å². The largest absolute Gasteiger partial charge is 0.478 e. The molecule has 0 aliphatic heterocycles. The highest BCUT2D eigenvalue weighted by atomic mass is 16.4. The summed E-state index contributed by atoms with van der Waals surface area (Å²) in [6.45, 7) is 12.4. The summed E-state index contributed by atoms with van der Waals surface area (Å²) in [6, 6.07) is 22.5. The maximum absolute atomic E-state index is 11.4. The zero-order valence-electron chi connectivity index (χ0n) is 20.4. The first-order valence-corrected chi connectivity index (χ1v) is 11.8. The number of rotatable bonds is 6. The maximum Gasteiger partial charge on any atom is 0.335 e. The van der Waals surface area contributed by atoms with E-state index in [9.17, 15) is 9.90 Å². The Balaban J connectivity index is 1.80. The van der Waals surface area contributed by atoms with Gasteiger partial charge in [-0.1, -0.05) is 82.3 Å². The van der Waals surface area contributed by atoms with Crippen molar-refractivity contribution in [2.45, 2.75) is 70.9 Å². The van der Waals surface area contributed by atoms with E-state index in [1.54, 1.807) is 12.1 Å². The van der Waals surface area contributed by atoms with Crippen molar-refractivity contribution in [2.24, 2.45) is 0 Å². The van der Waals surface area contributed by atoms with Crippen LogP contribution in [0.5, 0.6) is 0 Å². The first-order chi connectivity index (χ1) is 15.6. The summed E-state index contributed by atoms with van der Waals surface area (Å²) in [7, 11) is 0. The zero-order valence-corrected chi connectivity index (χ0v) is 20.4. The number of hydrogen-bond donors (Lipinski definition) is 2. The molecule has 1 aliphatic rings. The Kier molecular flexibility index (Phi) is 6.20. The van der Waals surface area contributed by atoms with E-state index in [1.807, 2.05) is 18.2 Å². The molecule has 0 fully saturated rings. The third-order valence-electron chi connectivity index (χ3n) is 7.39. The van der Waals surface area contributed by atoms with Crippen molar-refractivity contribution >= 4 is 5.97 Å². The highest BCUT2D eigenvalue weighted by molar-refractivity contribution is 5.87. The van der Waals surface area contributed by atoms with Crippen molar-refractivity contribution in [2.75, 3.05) is 0 Å². The Morgan fingerprint density at radius 1 is 0.909 bits per heavy atom. The molecule has 0 heterocycles. The lowest BCUT2D eigenvalue weighted by atomic mass is 9.62. The van der Waals surface area contributed by atoms with Crippen molar-refractivity contribution in [3.63, 3.8) is 0 Å². The van der Waals surface area contributed by atoms with Gasteiger partial charge in [0.05, 0.1) is 11.6 Å². The molecule has 0 aromatic heterocycles. The molecule has 4 rings (SSSR count). The molecule has 2 N–H and O–H groups in total. The number of carboxylic acid groups (broad SMARTS) is 1. The molecule has 3 heteroatoms. The van der Waals surface area contributed by atoms with Crippen molar-refractivity contribution in [3.8, 4) is 0 Å². The summed E-state index contributed by atoms with van der Waals surface area (Å²) in [6.07, 6.45) is 2.36. The van der Waals surface area contributed by atoms with E-state index >= 15 is 0 Å². The molecule has 0 spiro atoms. The van der Waals surface area contributed by atoms with E-state index in [0.29, 0.717) is 5.56 Å². The van der Waals surface area contributed by atoms with Gasteiger partial charge < -0.3 is 10.4 Å². The Labute approximate surface area is 197 Å². The Morgan fingerprint density at radius 2 is 1.48 bits per heavy atom. The van der Waals surface area contributed by atoms with Crippen LogP contribution in [-0.4, -0.2) is 11.1 Å². The fraction of sp³-hybridized carbons (Fsp3) is 0.367. The summed E-state index contributed by atoms with van der Waals surface area (Å²) in [5, 5.41) is 13.1. The van der Waals surface area contributed by atoms with E-state index in [1.165, 1.54) is 40.7 Å². The Morgan fingerprint density at radius 3 is 2.06 bits per heavy atom. The van der Waals surface area contributed by atoms with Gasteiger partial charge in [0.25, 0.3) is 0 Å². The van der Waals surface area contributed by atoms with Gasteiger partial charge in [-0.25, -0.2) is 4.79 Å². The van der Waals surface area contributed by atoms with Crippen LogP contribution in [0.2, 0.25) is 0 Å². The summed E-state index contributed by atoms with van der Waals surface area (Å²) >= 11 is 0. The third kappa shape index (κ3) is 4.74. The van der Waals surface area contributed by atoms with E-state index < -0.39 is 5.97 Å². The predicted molar refractivity (Wildman–Crippen MR) is 135 cm³/mol. The van der Waals surface area contributed by atoms with Gasteiger partial charge in [0, 0.05) is 6.54 Å². The molecule has 1 atom stereocenters. The third-order valence-corrected chi connectivity index (χ3v) is 7.39. The predicted octanol–water partition coefficient (Wildman–Crippen LogP) is 6.92. The zero-order chi connectivity index (χ0) is 23.8. The molecule has 1 aliphatic carbocycles. The molecule has 3 aromatic carbocycles. The van der Waals surface area contributed by atoms with Crippen LogP contribution in [0, 0.1) is 6.92 Å². The molecule has 0 radical (unpaired) electrons. The molecule has 0 amide bonds. The van der Waals surface area contributed by atoms with Crippen molar-refractivity contribution < 1.29 is 9.90 Å². The molecule has 3 aromatic rings. The van der Waals surface area contributed by atoms with Gasteiger partial charge >= 0.3 is 5.97 Å². The normalized spacial score (nSPS) is 17.2. The second-order valence-electron chi connectivity index (χ2n) is 10.7. The average Bonchev–Trinajstić information content (AvgIpc) is 2.79. The first-order valence-electron chi connectivity index (χ1n) is 11.8. The lowest BCUT2D eigenvalue weighted by Gasteiger charge is -2.43. The van der Waals surface area contributed by atoms with Crippen LogP contribution in [0.25, 0.3) is 0 Å². The van der Waals surface area contributed by atoms with Crippen LogP contribution in [0.3, 0.4) is 0 Å². The van der Waals surface area contributed by atoms with E-state index in [2.05, 4.69) is 76.3 Å². The summed E-state index contributed by atoms with van der Waals surface area (Å²) in [5.74, 6) is -0.899. The molecular formula is C30H35NO2. The average molecular weight is 442 g/mol. The number of aryl methyl sites for hydroxylation is 1. The number of carboxylic acids is 1. The van der Waals surface area contributed by atoms with Crippen LogP contribution in [0.4, 0.5) is 0 Å².